The normalized spacial score (nSPS) is 39.6. The zero-order chi connectivity index (χ0) is 11.5. The van der Waals surface area contributed by atoms with Crippen LogP contribution in [-0.4, -0.2) is 18.0 Å². The predicted molar refractivity (Wildman–Crippen MR) is 64.9 cm³/mol. The molecule has 2 aliphatic rings. The second-order valence-electron chi connectivity index (χ2n) is 5.63. The van der Waals surface area contributed by atoms with Crippen LogP contribution >= 0.6 is 0 Å². The van der Waals surface area contributed by atoms with Gasteiger partial charge in [0.05, 0.1) is 0 Å². The molecule has 92 valence electrons. The third kappa shape index (κ3) is 2.76. The maximum absolute atomic E-state index is 12.1. The van der Waals surface area contributed by atoms with Gasteiger partial charge in [0.1, 0.15) is 0 Å². The SMILES string of the molecule is CC1CCCC1NC(=O)C1CCC(N)CC1. The predicted octanol–water partition coefficient (Wildman–Crippen LogP) is 1.81. The van der Waals surface area contributed by atoms with Crippen molar-refractivity contribution in [3.63, 3.8) is 0 Å². The molecule has 0 radical (unpaired) electrons. The van der Waals surface area contributed by atoms with Gasteiger partial charge in [0.2, 0.25) is 5.91 Å². The first kappa shape index (κ1) is 11.9. The Morgan fingerprint density at radius 1 is 1.12 bits per heavy atom. The molecular weight excluding hydrogens is 200 g/mol. The van der Waals surface area contributed by atoms with Gasteiger partial charge in [-0.15, -0.1) is 0 Å². The molecule has 0 aromatic carbocycles. The monoisotopic (exact) mass is 224 g/mol. The van der Waals surface area contributed by atoms with Crippen LogP contribution in [0.25, 0.3) is 0 Å². The summed E-state index contributed by atoms with van der Waals surface area (Å²) in [4.78, 5) is 12.1. The Hall–Kier alpha value is -0.570. The van der Waals surface area contributed by atoms with Gasteiger partial charge in [-0.1, -0.05) is 13.3 Å². The number of amides is 1. The van der Waals surface area contributed by atoms with Gasteiger partial charge >= 0.3 is 0 Å². The molecule has 0 aromatic heterocycles. The summed E-state index contributed by atoms with van der Waals surface area (Å²) in [7, 11) is 0. The van der Waals surface area contributed by atoms with Crippen molar-refractivity contribution in [1.82, 2.24) is 5.32 Å². The number of hydrogen-bond acceptors (Lipinski definition) is 2. The Morgan fingerprint density at radius 3 is 2.38 bits per heavy atom. The van der Waals surface area contributed by atoms with Crippen molar-refractivity contribution in [1.29, 1.82) is 0 Å². The van der Waals surface area contributed by atoms with Gasteiger partial charge in [-0.3, -0.25) is 4.79 Å². The molecule has 0 heterocycles. The fourth-order valence-corrected chi connectivity index (χ4v) is 3.04. The van der Waals surface area contributed by atoms with Crippen molar-refractivity contribution in [2.75, 3.05) is 0 Å². The third-order valence-corrected chi connectivity index (χ3v) is 4.33. The number of rotatable bonds is 2. The van der Waals surface area contributed by atoms with Gasteiger partial charge in [0, 0.05) is 18.0 Å². The summed E-state index contributed by atoms with van der Waals surface area (Å²) in [5, 5.41) is 3.23. The zero-order valence-electron chi connectivity index (χ0n) is 10.2. The average molecular weight is 224 g/mol. The number of nitrogens with two attached hydrogens (primary N) is 1. The number of carbonyl (C=O) groups excluding carboxylic acids is 1. The van der Waals surface area contributed by atoms with Gasteiger partial charge in [-0.2, -0.15) is 0 Å². The minimum Gasteiger partial charge on any atom is -0.353 e. The summed E-state index contributed by atoms with van der Waals surface area (Å²) in [5.74, 6) is 1.17. The molecule has 2 fully saturated rings. The van der Waals surface area contributed by atoms with Crippen LogP contribution in [0.5, 0.6) is 0 Å². The Labute approximate surface area is 98.2 Å². The number of nitrogens with one attached hydrogen (secondary N) is 1. The van der Waals surface area contributed by atoms with E-state index in [0.717, 1.165) is 25.7 Å². The van der Waals surface area contributed by atoms with E-state index in [0.29, 0.717) is 18.0 Å². The van der Waals surface area contributed by atoms with Crippen molar-refractivity contribution in [3.05, 3.63) is 0 Å². The Balaban J connectivity index is 1.79. The Bertz CT molecular complexity index is 246. The van der Waals surface area contributed by atoms with E-state index >= 15 is 0 Å². The van der Waals surface area contributed by atoms with E-state index in [2.05, 4.69) is 12.2 Å². The maximum Gasteiger partial charge on any atom is 0.223 e. The largest absolute Gasteiger partial charge is 0.353 e. The highest BCUT2D eigenvalue weighted by molar-refractivity contribution is 5.79. The van der Waals surface area contributed by atoms with Gasteiger partial charge in [0.15, 0.2) is 0 Å². The van der Waals surface area contributed by atoms with E-state index in [1.807, 2.05) is 0 Å². The zero-order valence-corrected chi connectivity index (χ0v) is 10.2. The lowest BCUT2D eigenvalue weighted by Gasteiger charge is -2.27. The van der Waals surface area contributed by atoms with Crippen LogP contribution in [0.4, 0.5) is 0 Å². The molecule has 0 aliphatic heterocycles. The molecule has 0 aromatic rings. The molecule has 2 unspecified atom stereocenters. The Morgan fingerprint density at radius 2 is 1.81 bits per heavy atom. The summed E-state index contributed by atoms with van der Waals surface area (Å²) < 4.78 is 0. The Kier molecular flexibility index (Phi) is 3.85. The van der Waals surface area contributed by atoms with Gasteiger partial charge in [-0.05, 0) is 44.4 Å². The van der Waals surface area contributed by atoms with E-state index in [9.17, 15) is 4.79 Å². The molecule has 0 bridgehead atoms. The average Bonchev–Trinajstić information content (AvgIpc) is 2.65. The van der Waals surface area contributed by atoms with Crippen LogP contribution < -0.4 is 11.1 Å². The topological polar surface area (TPSA) is 55.1 Å². The second-order valence-corrected chi connectivity index (χ2v) is 5.63. The van der Waals surface area contributed by atoms with Crippen LogP contribution in [-0.2, 0) is 4.79 Å². The quantitative estimate of drug-likeness (QED) is 0.751. The lowest BCUT2D eigenvalue weighted by Crippen LogP contribution is -2.42. The standard InChI is InChI=1S/C13H24N2O/c1-9-3-2-4-12(9)15-13(16)10-5-7-11(14)8-6-10/h9-12H,2-8,14H2,1H3,(H,15,16). The lowest BCUT2D eigenvalue weighted by molar-refractivity contribution is -0.126. The van der Waals surface area contributed by atoms with Crippen LogP contribution in [0.1, 0.15) is 51.9 Å². The summed E-state index contributed by atoms with van der Waals surface area (Å²) >= 11 is 0. The van der Waals surface area contributed by atoms with Crippen molar-refractivity contribution in [3.8, 4) is 0 Å². The molecule has 3 nitrogen and oxygen atoms in total. The van der Waals surface area contributed by atoms with E-state index in [1.165, 1.54) is 19.3 Å². The fourth-order valence-electron chi connectivity index (χ4n) is 3.04. The molecule has 16 heavy (non-hydrogen) atoms. The molecule has 3 heteroatoms. The van der Waals surface area contributed by atoms with Gasteiger partial charge in [-0.25, -0.2) is 0 Å². The van der Waals surface area contributed by atoms with Crippen LogP contribution in [0.2, 0.25) is 0 Å². The highest BCUT2D eigenvalue weighted by Crippen LogP contribution is 2.27. The summed E-state index contributed by atoms with van der Waals surface area (Å²) in [6, 6.07) is 0.762. The van der Waals surface area contributed by atoms with E-state index in [-0.39, 0.29) is 11.8 Å². The second kappa shape index (κ2) is 5.17. The molecule has 2 rings (SSSR count). The highest BCUT2D eigenvalue weighted by Gasteiger charge is 2.29. The minimum atomic E-state index is 0.229. The van der Waals surface area contributed by atoms with Crippen molar-refractivity contribution >= 4 is 5.91 Å². The molecule has 0 spiro atoms. The molecule has 3 N–H and O–H groups in total. The maximum atomic E-state index is 12.1. The summed E-state index contributed by atoms with van der Waals surface area (Å²) in [6.07, 6.45) is 7.68. The van der Waals surface area contributed by atoms with E-state index < -0.39 is 0 Å². The molecule has 2 aliphatic carbocycles. The number of carbonyl (C=O) groups is 1. The van der Waals surface area contributed by atoms with Crippen molar-refractivity contribution < 1.29 is 4.79 Å². The van der Waals surface area contributed by atoms with Crippen LogP contribution in [0.3, 0.4) is 0 Å². The van der Waals surface area contributed by atoms with Crippen LogP contribution in [0.15, 0.2) is 0 Å². The molecular formula is C13H24N2O. The van der Waals surface area contributed by atoms with E-state index in [1.54, 1.807) is 0 Å². The summed E-state index contributed by atoms with van der Waals surface area (Å²) in [5.41, 5.74) is 5.85. The molecule has 1 amide bonds. The fraction of sp³-hybridized carbons (Fsp3) is 0.923. The van der Waals surface area contributed by atoms with Gasteiger partial charge < -0.3 is 11.1 Å². The minimum absolute atomic E-state index is 0.229. The van der Waals surface area contributed by atoms with E-state index in [4.69, 9.17) is 5.73 Å². The first-order chi connectivity index (χ1) is 7.66. The highest BCUT2D eigenvalue weighted by atomic mass is 16.1. The number of hydrogen-bond donors (Lipinski definition) is 2. The van der Waals surface area contributed by atoms with Crippen molar-refractivity contribution in [2.45, 2.75) is 64.0 Å². The molecule has 2 atom stereocenters. The van der Waals surface area contributed by atoms with Crippen LogP contribution in [0, 0.1) is 11.8 Å². The lowest BCUT2D eigenvalue weighted by atomic mass is 9.85. The van der Waals surface area contributed by atoms with Crippen molar-refractivity contribution in [2.24, 2.45) is 17.6 Å². The van der Waals surface area contributed by atoms with Gasteiger partial charge in [0.25, 0.3) is 0 Å². The third-order valence-electron chi connectivity index (χ3n) is 4.33. The first-order valence-corrected chi connectivity index (χ1v) is 6.72. The molecule has 0 saturated heterocycles. The smallest absolute Gasteiger partial charge is 0.223 e. The molecule has 2 saturated carbocycles. The summed E-state index contributed by atoms with van der Waals surface area (Å²) in [6.45, 7) is 2.24. The first-order valence-electron chi connectivity index (χ1n) is 6.72.